The highest BCUT2D eigenvalue weighted by Crippen LogP contribution is 2.38. The van der Waals surface area contributed by atoms with Crippen molar-refractivity contribution >= 4 is 40.0 Å². The Hall–Kier alpha value is -4.56. The van der Waals surface area contributed by atoms with Gasteiger partial charge in [0.1, 0.15) is 0 Å². The molecule has 2 aromatic heterocycles. The molecular weight excluding hydrogens is 472 g/mol. The molecule has 0 fully saturated rings. The standard InChI is InChI=1S/C37H30N2/c1-37(23-22-36-32(25-37)30-17-9-11-19-34(30)39(36)28-14-6-3-7-15-28)26-20-21-35-31(24-26)29-16-8-10-18-33(29)38(35)27-12-4-2-5-13-27/h2-10,12-18,20-22,24-25H,11,19,23H2,1H3. The molecule has 2 nitrogen and oxygen atoms in total. The van der Waals surface area contributed by atoms with Crippen LogP contribution in [0.3, 0.4) is 0 Å². The highest BCUT2D eigenvalue weighted by Gasteiger charge is 2.29. The van der Waals surface area contributed by atoms with Crippen LogP contribution < -0.4 is 10.6 Å². The number of allylic oxidation sites excluding steroid dienone is 1. The van der Waals surface area contributed by atoms with Crippen LogP contribution in [0.15, 0.2) is 109 Å². The van der Waals surface area contributed by atoms with Gasteiger partial charge in [-0.2, -0.15) is 0 Å². The third kappa shape index (κ3) is 3.34. The van der Waals surface area contributed by atoms with Crippen molar-refractivity contribution in [3.63, 3.8) is 0 Å². The quantitative estimate of drug-likeness (QED) is 0.238. The molecule has 2 heteroatoms. The van der Waals surface area contributed by atoms with Crippen LogP contribution in [0, 0.1) is 0 Å². The summed E-state index contributed by atoms with van der Waals surface area (Å²) < 4.78 is 4.90. The van der Waals surface area contributed by atoms with Crippen LogP contribution in [0.4, 0.5) is 0 Å². The summed E-state index contributed by atoms with van der Waals surface area (Å²) >= 11 is 0. The first-order valence-corrected chi connectivity index (χ1v) is 14.0. The Kier molecular flexibility index (Phi) is 4.87. The molecule has 2 heterocycles. The van der Waals surface area contributed by atoms with Gasteiger partial charge in [0.2, 0.25) is 0 Å². The van der Waals surface area contributed by atoms with E-state index in [0.29, 0.717) is 0 Å². The van der Waals surface area contributed by atoms with Crippen molar-refractivity contribution in [3.8, 4) is 11.4 Å². The summed E-state index contributed by atoms with van der Waals surface area (Å²) in [4.78, 5) is 0. The maximum atomic E-state index is 2.55. The summed E-state index contributed by atoms with van der Waals surface area (Å²) in [6.07, 6.45) is 12.9. The van der Waals surface area contributed by atoms with E-state index in [2.05, 4.69) is 143 Å². The fourth-order valence-corrected chi connectivity index (χ4v) is 6.83. The van der Waals surface area contributed by atoms with Gasteiger partial charge in [-0.25, -0.2) is 0 Å². The van der Waals surface area contributed by atoms with Crippen molar-refractivity contribution in [2.75, 3.05) is 0 Å². The Bertz CT molecular complexity index is 2040. The van der Waals surface area contributed by atoms with Gasteiger partial charge >= 0.3 is 0 Å². The van der Waals surface area contributed by atoms with Gasteiger partial charge in [0.15, 0.2) is 0 Å². The van der Waals surface area contributed by atoms with Crippen molar-refractivity contribution in [1.29, 1.82) is 0 Å². The normalized spacial score (nSPS) is 18.0. The first kappa shape index (κ1) is 22.4. The Morgan fingerprint density at radius 1 is 0.692 bits per heavy atom. The molecule has 0 bridgehead atoms. The number of rotatable bonds is 3. The first-order valence-electron chi connectivity index (χ1n) is 14.0. The smallest absolute Gasteiger partial charge is 0.0541 e. The lowest BCUT2D eigenvalue weighted by Gasteiger charge is -2.28. The Morgan fingerprint density at radius 3 is 2.18 bits per heavy atom. The zero-order chi connectivity index (χ0) is 26.0. The van der Waals surface area contributed by atoms with Crippen molar-refractivity contribution in [2.24, 2.45) is 0 Å². The predicted molar refractivity (Wildman–Crippen MR) is 164 cm³/mol. The SMILES string of the molecule is CC1(c2ccc3c(c2)c2ccccc2n3-c2ccccc2)C=c2c3c(n(-c4ccccc4)c2=CC1)CCC=C3. The van der Waals surface area contributed by atoms with Crippen molar-refractivity contribution in [2.45, 2.75) is 31.6 Å². The van der Waals surface area contributed by atoms with Crippen LogP contribution in [0.25, 0.3) is 51.4 Å². The fraction of sp³-hybridized carbons (Fsp3) is 0.135. The highest BCUT2D eigenvalue weighted by atomic mass is 15.0. The van der Waals surface area contributed by atoms with Gasteiger partial charge in [-0.3, -0.25) is 0 Å². The number of aromatic nitrogens is 2. The average Bonchev–Trinajstić information content (AvgIpc) is 3.50. The number of benzene rings is 4. The van der Waals surface area contributed by atoms with E-state index >= 15 is 0 Å². The van der Waals surface area contributed by atoms with E-state index in [4.69, 9.17) is 0 Å². The molecule has 0 aliphatic heterocycles. The molecule has 0 amide bonds. The third-order valence-electron chi connectivity index (χ3n) is 8.76. The van der Waals surface area contributed by atoms with E-state index < -0.39 is 0 Å². The molecule has 6 aromatic rings. The summed E-state index contributed by atoms with van der Waals surface area (Å²) in [7, 11) is 0. The van der Waals surface area contributed by atoms with E-state index in [1.165, 1.54) is 60.6 Å². The van der Waals surface area contributed by atoms with Crippen molar-refractivity contribution in [3.05, 3.63) is 137 Å². The lowest BCUT2D eigenvalue weighted by Crippen LogP contribution is -2.37. The predicted octanol–water partition coefficient (Wildman–Crippen LogP) is 7.46. The molecular formula is C37H30N2. The van der Waals surface area contributed by atoms with E-state index in [1.54, 1.807) is 0 Å². The molecule has 0 saturated heterocycles. The second-order valence-electron chi connectivity index (χ2n) is 11.2. The summed E-state index contributed by atoms with van der Waals surface area (Å²) in [5.74, 6) is 0. The monoisotopic (exact) mass is 502 g/mol. The van der Waals surface area contributed by atoms with Gasteiger partial charge in [0.05, 0.1) is 11.0 Å². The molecule has 4 aromatic carbocycles. The molecule has 39 heavy (non-hydrogen) atoms. The zero-order valence-electron chi connectivity index (χ0n) is 22.1. The fourth-order valence-electron chi connectivity index (χ4n) is 6.83. The number of fused-ring (bicyclic) bond motifs is 6. The van der Waals surface area contributed by atoms with Gasteiger partial charge in [0, 0.05) is 49.4 Å². The lowest BCUT2D eigenvalue weighted by molar-refractivity contribution is 0.652. The topological polar surface area (TPSA) is 9.86 Å². The van der Waals surface area contributed by atoms with Crippen LogP contribution in [0.5, 0.6) is 0 Å². The van der Waals surface area contributed by atoms with E-state index in [9.17, 15) is 0 Å². The minimum absolute atomic E-state index is 0.0843. The van der Waals surface area contributed by atoms with Gasteiger partial charge in [-0.05, 0) is 67.3 Å². The van der Waals surface area contributed by atoms with Crippen LogP contribution in [-0.4, -0.2) is 9.13 Å². The maximum absolute atomic E-state index is 2.55. The third-order valence-corrected chi connectivity index (χ3v) is 8.76. The summed E-state index contributed by atoms with van der Waals surface area (Å²) in [6, 6.07) is 37.5. The van der Waals surface area contributed by atoms with Crippen LogP contribution >= 0.6 is 0 Å². The summed E-state index contributed by atoms with van der Waals surface area (Å²) in [5.41, 5.74) is 9.08. The Labute approximate surface area is 228 Å². The Morgan fingerprint density at radius 2 is 1.38 bits per heavy atom. The molecule has 188 valence electrons. The lowest BCUT2D eigenvalue weighted by atomic mass is 9.76. The molecule has 2 aliphatic rings. The van der Waals surface area contributed by atoms with E-state index in [1.807, 2.05) is 0 Å². The largest absolute Gasteiger partial charge is 0.313 e. The molecule has 2 aliphatic carbocycles. The molecule has 1 atom stereocenters. The first-order chi connectivity index (χ1) is 19.2. The molecule has 0 radical (unpaired) electrons. The minimum atomic E-state index is -0.0843. The van der Waals surface area contributed by atoms with Gasteiger partial charge in [0.25, 0.3) is 0 Å². The second kappa shape index (κ2) is 8.47. The Balaban J connectivity index is 1.35. The van der Waals surface area contributed by atoms with Gasteiger partial charge in [-0.15, -0.1) is 0 Å². The molecule has 8 rings (SSSR count). The highest BCUT2D eigenvalue weighted by molar-refractivity contribution is 6.09. The molecule has 0 spiro atoms. The molecule has 1 unspecified atom stereocenters. The molecule has 0 N–H and O–H groups in total. The zero-order valence-corrected chi connectivity index (χ0v) is 22.1. The van der Waals surface area contributed by atoms with Gasteiger partial charge in [-0.1, -0.05) is 91.9 Å². The van der Waals surface area contributed by atoms with Gasteiger partial charge < -0.3 is 9.13 Å². The summed E-state index contributed by atoms with van der Waals surface area (Å²) in [5, 5.41) is 5.34. The van der Waals surface area contributed by atoms with Crippen LogP contribution in [-0.2, 0) is 11.8 Å². The van der Waals surface area contributed by atoms with Crippen molar-refractivity contribution in [1.82, 2.24) is 9.13 Å². The van der Waals surface area contributed by atoms with Crippen molar-refractivity contribution < 1.29 is 0 Å². The van der Waals surface area contributed by atoms with E-state index in [0.717, 1.165) is 19.3 Å². The maximum Gasteiger partial charge on any atom is 0.0541 e. The van der Waals surface area contributed by atoms with E-state index in [-0.39, 0.29) is 5.41 Å². The van der Waals surface area contributed by atoms with Crippen LogP contribution in [0.2, 0.25) is 0 Å². The average molecular weight is 503 g/mol. The number of para-hydroxylation sites is 3. The minimum Gasteiger partial charge on any atom is -0.313 e. The number of hydrogen-bond acceptors (Lipinski definition) is 0. The molecule has 0 saturated carbocycles. The van der Waals surface area contributed by atoms with Crippen LogP contribution in [0.1, 0.15) is 36.6 Å². The summed E-state index contributed by atoms with van der Waals surface area (Å²) in [6.45, 7) is 2.41. The number of hydrogen-bond donors (Lipinski definition) is 0. The number of nitrogens with zero attached hydrogens (tertiary/aromatic N) is 2. The second-order valence-corrected chi connectivity index (χ2v) is 11.2.